The van der Waals surface area contributed by atoms with Gasteiger partial charge in [-0.1, -0.05) is 55.1 Å². The highest BCUT2D eigenvalue weighted by atomic mass is 35.5. The Hall–Kier alpha value is -5.08. The van der Waals surface area contributed by atoms with E-state index in [0.717, 1.165) is 79.9 Å². The first-order valence-corrected chi connectivity index (χ1v) is 15.6. The maximum Gasteiger partial charge on any atom is 0.179 e. The van der Waals surface area contributed by atoms with Crippen LogP contribution in [0.25, 0.3) is 67.1 Å². The summed E-state index contributed by atoms with van der Waals surface area (Å²) in [6, 6.07) is 31.4. The fraction of sp³-hybridized carbons (Fsp3) is 0.194. The fourth-order valence-corrected chi connectivity index (χ4v) is 6.72. The predicted octanol–water partition coefficient (Wildman–Crippen LogP) is 8.93. The van der Waals surface area contributed by atoms with Gasteiger partial charge in [0.05, 0.1) is 29.4 Å². The van der Waals surface area contributed by atoms with Gasteiger partial charge in [-0.25, -0.2) is 15.1 Å². The zero-order valence-electron chi connectivity index (χ0n) is 24.7. The number of rotatable bonds is 6. The number of nitrogens with one attached hydrogen (secondary N) is 1. The van der Waals surface area contributed by atoms with E-state index < -0.39 is 0 Å². The topological polar surface area (TPSA) is 94.4 Å². The van der Waals surface area contributed by atoms with Crippen LogP contribution in [0.3, 0.4) is 0 Å². The minimum atomic E-state index is 0.409. The second kappa shape index (κ2) is 11.4. The van der Waals surface area contributed by atoms with Crippen molar-refractivity contribution >= 4 is 33.5 Å². The summed E-state index contributed by atoms with van der Waals surface area (Å²) in [7, 11) is 1.68. The van der Waals surface area contributed by atoms with E-state index in [1.807, 2.05) is 36.4 Å². The molecule has 9 heteroatoms. The third-order valence-corrected chi connectivity index (χ3v) is 9.11. The van der Waals surface area contributed by atoms with Crippen LogP contribution in [0, 0.1) is 0 Å². The molecule has 8 nitrogen and oxygen atoms in total. The molecule has 8 rings (SSSR count). The second-order valence-electron chi connectivity index (χ2n) is 11.6. The molecule has 0 aliphatic heterocycles. The van der Waals surface area contributed by atoms with Crippen molar-refractivity contribution in [3.05, 3.63) is 96.0 Å². The highest BCUT2D eigenvalue weighted by Gasteiger charge is 2.23. The molecule has 1 fully saturated rings. The predicted molar refractivity (Wildman–Crippen MR) is 178 cm³/mol. The summed E-state index contributed by atoms with van der Waals surface area (Å²) in [4.78, 5) is 10.3. The average molecular weight is 612 g/mol. The number of nitrogens with zero attached hydrogens (tertiary/aromatic N) is 6. The summed E-state index contributed by atoms with van der Waals surface area (Å²) in [6.07, 6.45) is 6.07. The van der Waals surface area contributed by atoms with E-state index in [0.29, 0.717) is 16.9 Å². The third kappa shape index (κ3) is 5.11. The van der Waals surface area contributed by atoms with Crippen LogP contribution >= 0.6 is 11.6 Å². The number of aromatic nitrogens is 7. The normalized spacial score (nSPS) is 13.9. The number of aromatic amines is 1. The number of H-pyrrole nitrogens is 1. The van der Waals surface area contributed by atoms with Crippen molar-refractivity contribution in [1.82, 2.24) is 35.2 Å². The van der Waals surface area contributed by atoms with E-state index >= 15 is 0 Å². The maximum absolute atomic E-state index is 6.18. The summed E-state index contributed by atoms with van der Waals surface area (Å²) in [5.74, 6) is 2.39. The molecule has 45 heavy (non-hydrogen) atoms. The first-order chi connectivity index (χ1) is 22.1. The maximum atomic E-state index is 6.18. The molecule has 0 radical (unpaired) electrons. The summed E-state index contributed by atoms with van der Waals surface area (Å²) in [6.45, 7) is 0. The van der Waals surface area contributed by atoms with E-state index in [2.05, 4.69) is 79.8 Å². The van der Waals surface area contributed by atoms with E-state index in [1.165, 1.54) is 19.3 Å². The van der Waals surface area contributed by atoms with E-state index in [-0.39, 0.29) is 0 Å². The molecule has 0 atom stereocenters. The Labute approximate surface area is 265 Å². The molecular formula is C36H30ClN7O. The molecular weight excluding hydrogens is 582 g/mol. The zero-order chi connectivity index (χ0) is 30.3. The van der Waals surface area contributed by atoms with E-state index in [9.17, 15) is 0 Å². The molecule has 0 spiro atoms. The lowest BCUT2D eigenvalue weighted by atomic mass is 9.94. The molecule has 7 aromatic rings. The molecule has 222 valence electrons. The molecule has 1 aliphatic rings. The number of hydrogen-bond acceptors (Lipinski definition) is 6. The molecule has 1 saturated carbocycles. The number of benzene rings is 4. The van der Waals surface area contributed by atoms with Gasteiger partial charge in [0.25, 0.3) is 0 Å². The monoisotopic (exact) mass is 611 g/mol. The summed E-state index contributed by atoms with van der Waals surface area (Å²) >= 11 is 6.18. The Kier molecular flexibility index (Phi) is 6.99. The van der Waals surface area contributed by atoms with Crippen molar-refractivity contribution in [3.8, 4) is 50.9 Å². The van der Waals surface area contributed by atoms with E-state index in [1.54, 1.807) is 7.11 Å². The third-order valence-electron chi connectivity index (χ3n) is 8.85. The van der Waals surface area contributed by atoms with Crippen molar-refractivity contribution in [2.24, 2.45) is 0 Å². The van der Waals surface area contributed by atoms with Crippen molar-refractivity contribution < 1.29 is 4.74 Å². The van der Waals surface area contributed by atoms with Crippen LogP contribution in [-0.4, -0.2) is 42.3 Å². The number of tetrazole rings is 1. The van der Waals surface area contributed by atoms with Crippen LogP contribution in [0.4, 0.5) is 0 Å². The van der Waals surface area contributed by atoms with Gasteiger partial charge in [0.2, 0.25) is 0 Å². The molecule has 3 heterocycles. The van der Waals surface area contributed by atoms with Gasteiger partial charge < -0.3 is 9.30 Å². The van der Waals surface area contributed by atoms with Crippen LogP contribution < -0.4 is 4.74 Å². The van der Waals surface area contributed by atoms with Gasteiger partial charge in [-0.2, -0.15) is 0 Å². The SMILES string of the molecule is COc1ccc(-c2ccc(Cl)cc2)c(-c2ccc3cc(-c4nc5cc(-c6nnn[nH]6)ccc5n4C4CCCCC4)ccc3n2)c1. The Morgan fingerprint density at radius 2 is 1.58 bits per heavy atom. The number of hydrogen-bond donors (Lipinski definition) is 1. The lowest BCUT2D eigenvalue weighted by Crippen LogP contribution is -2.14. The lowest BCUT2D eigenvalue weighted by molar-refractivity contribution is 0.362. The van der Waals surface area contributed by atoms with Gasteiger partial charge in [-0.05, 0) is 101 Å². The molecule has 0 amide bonds. The Morgan fingerprint density at radius 1 is 0.756 bits per heavy atom. The number of fused-ring (bicyclic) bond motifs is 2. The minimum absolute atomic E-state index is 0.409. The van der Waals surface area contributed by atoms with Gasteiger partial charge in [-0.15, -0.1) is 5.10 Å². The van der Waals surface area contributed by atoms with Crippen molar-refractivity contribution in [2.45, 2.75) is 38.1 Å². The number of methoxy groups -OCH3 is 1. The molecule has 0 bridgehead atoms. The number of imidazole rings is 1. The fourth-order valence-electron chi connectivity index (χ4n) is 6.60. The van der Waals surface area contributed by atoms with Crippen molar-refractivity contribution in [2.75, 3.05) is 7.11 Å². The van der Waals surface area contributed by atoms with Crippen LogP contribution in [0.1, 0.15) is 38.1 Å². The number of halogens is 1. The van der Waals surface area contributed by atoms with Gasteiger partial charge in [0.15, 0.2) is 5.82 Å². The molecule has 1 N–H and O–H groups in total. The highest BCUT2D eigenvalue weighted by molar-refractivity contribution is 6.30. The first kappa shape index (κ1) is 27.5. The second-order valence-corrected chi connectivity index (χ2v) is 12.0. The molecule has 0 unspecified atom stereocenters. The summed E-state index contributed by atoms with van der Waals surface area (Å²) < 4.78 is 8.04. The van der Waals surface area contributed by atoms with Gasteiger partial charge in [0, 0.05) is 33.1 Å². The van der Waals surface area contributed by atoms with Crippen LogP contribution in [-0.2, 0) is 0 Å². The van der Waals surface area contributed by atoms with Crippen LogP contribution in [0.2, 0.25) is 5.02 Å². The molecule has 4 aromatic carbocycles. The van der Waals surface area contributed by atoms with Gasteiger partial charge >= 0.3 is 0 Å². The lowest BCUT2D eigenvalue weighted by Gasteiger charge is -2.25. The zero-order valence-corrected chi connectivity index (χ0v) is 25.5. The first-order valence-electron chi connectivity index (χ1n) is 15.3. The Bertz CT molecular complexity index is 2150. The largest absolute Gasteiger partial charge is 0.497 e. The van der Waals surface area contributed by atoms with Gasteiger partial charge in [-0.3, -0.25) is 0 Å². The van der Waals surface area contributed by atoms with Gasteiger partial charge in [0.1, 0.15) is 11.6 Å². The number of ether oxygens (including phenoxy) is 1. The quantitative estimate of drug-likeness (QED) is 0.202. The van der Waals surface area contributed by atoms with Crippen molar-refractivity contribution in [1.29, 1.82) is 0 Å². The average Bonchev–Trinajstić information content (AvgIpc) is 3.77. The number of pyridine rings is 1. The summed E-state index contributed by atoms with van der Waals surface area (Å²) in [5.41, 5.74) is 8.99. The Morgan fingerprint density at radius 3 is 2.38 bits per heavy atom. The highest BCUT2D eigenvalue weighted by Crippen LogP contribution is 2.39. The van der Waals surface area contributed by atoms with Crippen molar-refractivity contribution in [3.63, 3.8) is 0 Å². The van der Waals surface area contributed by atoms with Crippen LogP contribution in [0.15, 0.2) is 91.0 Å². The molecule has 0 saturated heterocycles. The Balaban J connectivity index is 1.23. The standard InChI is InChI=1S/C36H30ClN7O/c1-45-28-14-15-29(22-7-12-26(37)13-8-22)30(21-28)32-17-9-23-19-25(10-16-31(23)38-32)36-39-33-20-24(35-40-42-43-41-35)11-18-34(33)44(36)27-5-3-2-4-6-27/h7-21,27H,2-6H2,1H3,(H,40,41,42,43). The van der Waals surface area contributed by atoms with E-state index in [4.69, 9.17) is 26.3 Å². The summed E-state index contributed by atoms with van der Waals surface area (Å²) in [5, 5.41) is 16.2. The molecule has 3 aromatic heterocycles. The minimum Gasteiger partial charge on any atom is -0.497 e. The smallest absolute Gasteiger partial charge is 0.179 e. The van der Waals surface area contributed by atoms with Crippen LogP contribution in [0.5, 0.6) is 5.75 Å². The molecule has 1 aliphatic carbocycles.